The highest BCUT2D eigenvalue weighted by Gasteiger charge is 2.25. The Balaban J connectivity index is 1.62. The molecule has 0 fully saturated rings. The maximum atomic E-state index is 12.4. The molecular weight excluding hydrogens is 550 g/mol. The molecule has 0 radical (unpaired) electrons. The molecule has 0 aromatic heterocycles. The largest absolute Gasteiger partial charge is 0.490 e. The Morgan fingerprint density at radius 3 is 2.58 bits per heavy atom. The Morgan fingerprint density at radius 2 is 1.82 bits per heavy atom. The van der Waals surface area contributed by atoms with E-state index < -0.39 is 5.97 Å². The zero-order valence-corrected chi connectivity index (χ0v) is 21.3. The Bertz CT molecular complexity index is 1270. The minimum atomic E-state index is -0.505. The first-order chi connectivity index (χ1) is 15.9. The highest BCUT2D eigenvalue weighted by Crippen LogP contribution is 2.38. The Kier molecular flexibility index (Phi) is 7.30. The molecule has 1 aliphatic heterocycles. The van der Waals surface area contributed by atoms with E-state index in [-0.39, 0.29) is 11.6 Å². The van der Waals surface area contributed by atoms with Gasteiger partial charge in [0.15, 0.2) is 17.2 Å². The zero-order valence-electron chi connectivity index (χ0n) is 18.1. The second-order valence-corrected chi connectivity index (χ2v) is 9.07. The number of hydrogen-bond donors (Lipinski definition) is 0. The number of benzene rings is 3. The fourth-order valence-electron chi connectivity index (χ4n) is 3.35. The normalized spacial score (nSPS) is 14.2. The topological polar surface area (TPSA) is 57.1 Å². The van der Waals surface area contributed by atoms with Crippen LogP contribution in [0.25, 0.3) is 6.08 Å². The van der Waals surface area contributed by atoms with Gasteiger partial charge >= 0.3 is 5.97 Å². The van der Waals surface area contributed by atoms with Gasteiger partial charge in [-0.1, -0.05) is 42.0 Å². The molecule has 3 aromatic rings. The maximum absolute atomic E-state index is 12.4. The molecule has 0 saturated heterocycles. The number of cyclic esters (lactones) is 1. The summed E-state index contributed by atoms with van der Waals surface area (Å²) in [6, 6.07) is 19.3. The van der Waals surface area contributed by atoms with Gasteiger partial charge in [-0.2, -0.15) is 0 Å². The lowest BCUT2D eigenvalue weighted by atomic mass is 10.1. The van der Waals surface area contributed by atoms with Crippen molar-refractivity contribution in [3.63, 3.8) is 0 Å². The van der Waals surface area contributed by atoms with Crippen LogP contribution in [0.2, 0.25) is 0 Å². The van der Waals surface area contributed by atoms with Crippen molar-refractivity contribution in [2.45, 2.75) is 20.5 Å². The van der Waals surface area contributed by atoms with E-state index in [4.69, 9.17) is 14.2 Å². The molecule has 0 spiro atoms. The van der Waals surface area contributed by atoms with E-state index in [1.54, 1.807) is 6.08 Å². The van der Waals surface area contributed by atoms with E-state index in [1.165, 1.54) is 5.56 Å². The molecular formula is C26H21Br2NO4. The summed E-state index contributed by atoms with van der Waals surface area (Å²) in [6.07, 6.45) is 1.67. The predicted octanol–water partition coefficient (Wildman–Crippen LogP) is 6.84. The van der Waals surface area contributed by atoms with Crippen LogP contribution in [0.15, 0.2) is 80.3 Å². The van der Waals surface area contributed by atoms with Gasteiger partial charge in [-0.05, 0) is 87.2 Å². The molecule has 1 heterocycles. The average Bonchev–Trinajstić information content (AvgIpc) is 3.13. The second kappa shape index (κ2) is 10.4. The summed E-state index contributed by atoms with van der Waals surface area (Å²) in [6.45, 7) is 4.84. The molecule has 3 aromatic carbocycles. The van der Waals surface area contributed by atoms with E-state index in [2.05, 4.69) is 42.9 Å². The molecule has 4 rings (SSSR count). The molecule has 7 heteroatoms. The van der Waals surface area contributed by atoms with Gasteiger partial charge in [-0.15, -0.1) is 0 Å². The van der Waals surface area contributed by atoms with Crippen LogP contribution in [0.5, 0.6) is 11.5 Å². The number of ether oxygens (including phenoxy) is 3. The number of carbonyl (C=O) groups is 1. The first-order valence-electron chi connectivity index (χ1n) is 10.4. The first-order valence-corrected chi connectivity index (χ1v) is 12.0. The molecule has 0 N–H and O–H groups in total. The van der Waals surface area contributed by atoms with Crippen LogP contribution in [0, 0.1) is 6.92 Å². The molecule has 168 valence electrons. The number of aliphatic imine (C=N–C) groups is 1. The predicted molar refractivity (Wildman–Crippen MR) is 136 cm³/mol. The number of esters is 1. The lowest BCUT2D eigenvalue weighted by Crippen LogP contribution is -2.05. The van der Waals surface area contributed by atoms with Gasteiger partial charge in [0.2, 0.25) is 5.90 Å². The summed E-state index contributed by atoms with van der Waals surface area (Å²) in [5.41, 5.74) is 3.90. The van der Waals surface area contributed by atoms with Gasteiger partial charge in [-0.3, -0.25) is 0 Å². The third kappa shape index (κ3) is 5.54. The first kappa shape index (κ1) is 23.3. The van der Waals surface area contributed by atoms with Crippen molar-refractivity contribution >= 4 is 49.8 Å². The van der Waals surface area contributed by atoms with Crippen molar-refractivity contribution < 1.29 is 19.0 Å². The van der Waals surface area contributed by atoms with E-state index in [0.717, 1.165) is 15.6 Å². The molecule has 0 amide bonds. The summed E-state index contributed by atoms with van der Waals surface area (Å²) < 4.78 is 18.8. The minimum absolute atomic E-state index is 0.212. The van der Waals surface area contributed by atoms with Crippen molar-refractivity contribution in [1.82, 2.24) is 0 Å². The third-order valence-electron chi connectivity index (χ3n) is 4.83. The van der Waals surface area contributed by atoms with E-state index in [9.17, 15) is 4.79 Å². The molecule has 5 nitrogen and oxygen atoms in total. The molecule has 0 aliphatic carbocycles. The van der Waals surface area contributed by atoms with Crippen LogP contribution in [0.4, 0.5) is 0 Å². The highest BCUT2D eigenvalue weighted by molar-refractivity contribution is 9.10. The lowest BCUT2D eigenvalue weighted by molar-refractivity contribution is -0.129. The fourth-order valence-corrected chi connectivity index (χ4v) is 4.38. The van der Waals surface area contributed by atoms with Gasteiger partial charge < -0.3 is 14.2 Å². The number of hydrogen-bond acceptors (Lipinski definition) is 5. The summed E-state index contributed by atoms with van der Waals surface area (Å²) >= 11 is 7.05. The molecule has 33 heavy (non-hydrogen) atoms. The van der Waals surface area contributed by atoms with Crippen LogP contribution < -0.4 is 9.47 Å². The molecule has 0 atom stereocenters. The van der Waals surface area contributed by atoms with Crippen molar-refractivity contribution in [2.75, 3.05) is 6.61 Å². The van der Waals surface area contributed by atoms with E-state index in [1.807, 2.05) is 68.4 Å². The minimum Gasteiger partial charge on any atom is -0.490 e. The maximum Gasteiger partial charge on any atom is 0.363 e. The zero-order chi connectivity index (χ0) is 23.4. The Labute approximate surface area is 209 Å². The van der Waals surface area contributed by atoms with Crippen LogP contribution in [0.1, 0.15) is 29.2 Å². The van der Waals surface area contributed by atoms with Crippen LogP contribution in [-0.4, -0.2) is 18.5 Å². The third-order valence-corrected chi connectivity index (χ3v) is 6.11. The summed E-state index contributed by atoms with van der Waals surface area (Å²) in [5, 5.41) is 0. The number of carbonyl (C=O) groups excluding carboxylic acids is 1. The fraction of sp³-hybridized carbons (Fsp3) is 0.154. The van der Waals surface area contributed by atoms with Gasteiger partial charge in [0.25, 0.3) is 0 Å². The lowest BCUT2D eigenvalue weighted by Gasteiger charge is -2.15. The van der Waals surface area contributed by atoms with Crippen molar-refractivity contribution in [3.8, 4) is 11.5 Å². The monoisotopic (exact) mass is 569 g/mol. The number of rotatable bonds is 7. The number of aryl methyl sites for hydroxylation is 1. The van der Waals surface area contributed by atoms with E-state index >= 15 is 0 Å². The quantitative estimate of drug-likeness (QED) is 0.230. The van der Waals surface area contributed by atoms with Crippen molar-refractivity contribution in [2.24, 2.45) is 4.99 Å². The van der Waals surface area contributed by atoms with Gasteiger partial charge in [0.1, 0.15) is 6.61 Å². The van der Waals surface area contributed by atoms with Crippen molar-refractivity contribution in [1.29, 1.82) is 0 Å². The number of halogens is 2. The SMILES string of the molecule is CCOc1cc(/C=C2\N=C(c3ccccc3Br)OC2=O)cc(Br)c1OCc1cccc(C)c1. The van der Waals surface area contributed by atoms with Gasteiger partial charge in [0.05, 0.1) is 16.6 Å². The summed E-state index contributed by atoms with van der Waals surface area (Å²) in [4.78, 5) is 16.8. The molecule has 0 bridgehead atoms. The molecule has 1 aliphatic rings. The Morgan fingerprint density at radius 1 is 1.00 bits per heavy atom. The highest BCUT2D eigenvalue weighted by atomic mass is 79.9. The average molecular weight is 571 g/mol. The van der Waals surface area contributed by atoms with Gasteiger partial charge in [0, 0.05) is 4.47 Å². The van der Waals surface area contributed by atoms with Crippen molar-refractivity contribution in [3.05, 3.63) is 97.6 Å². The summed E-state index contributed by atoms with van der Waals surface area (Å²) in [5.74, 6) is 0.940. The second-order valence-electron chi connectivity index (χ2n) is 7.36. The van der Waals surface area contributed by atoms with E-state index in [0.29, 0.717) is 34.7 Å². The van der Waals surface area contributed by atoms with Crippen LogP contribution >= 0.6 is 31.9 Å². The summed E-state index contributed by atoms with van der Waals surface area (Å²) in [7, 11) is 0. The van der Waals surface area contributed by atoms with Gasteiger partial charge in [-0.25, -0.2) is 9.79 Å². The Hall–Kier alpha value is -2.90. The molecule has 0 unspecified atom stereocenters. The van der Waals surface area contributed by atoms with Crippen LogP contribution in [-0.2, 0) is 16.1 Å². The smallest absolute Gasteiger partial charge is 0.363 e. The standard InChI is InChI=1S/C26H21Br2NO4/c1-3-31-23-14-18(12-21(28)24(23)32-15-17-8-6-7-16(2)11-17)13-22-26(30)33-25(29-22)19-9-4-5-10-20(19)27/h4-14H,3,15H2,1-2H3/b22-13-. The van der Waals surface area contributed by atoms with Crippen LogP contribution in [0.3, 0.4) is 0 Å². The number of nitrogens with zero attached hydrogens (tertiary/aromatic N) is 1. The molecule has 0 saturated carbocycles.